The van der Waals surface area contributed by atoms with E-state index >= 15 is 8.78 Å². The molecule has 2 aromatic carbocycles. The van der Waals surface area contributed by atoms with Crippen LogP contribution >= 0.6 is 23.4 Å². The van der Waals surface area contributed by atoms with E-state index in [9.17, 15) is 4.79 Å². The molecule has 228 valence electrons. The van der Waals surface area contributed by atoms with Crippen LogP contribution in [0.2, 0.25) is 5.02 Å². The van der Waals surface area contributed by atoms with Crippen molar-refractivity contribution in [2.45, 2.75) is 70.0 Å². The van der Waals surface area contributed by atoms with Gasteiger partial charge in [0.25, 0.3) is 0 Å². The molecular formula is C31H36ClF2N7OS. The number of hydrogen-bond donors (Lipinski definition) is 5. The van der Waals surface area contributed by atoms with Crippen LogP contribution in [0.4, 0.5) is 8.78 Å². The van der Waals surface area contributed by atoms with Crippen LogP contribution in [-0.2, 0) is 6.42 Å². The van der Waals surface area contributed by atoms with E-state index in [4.69, 9.17) is 28.5 Å². The highest BCUT2D eigenvalue weighted by molar-refractivity contribution is 8.13. The van der Waals surface area contributed by atoms with E-state index in [0.29, 0.717) is 34.4 Å². The fourth-order valence-corrected chi connectivity index (χ4v) is 6.55. The zero-order chi connectivity index (χ0) is 30.7. The number of rotatable bonds is 10. The van der Waals surface area contributed by atoms with Crippen molar-refractivity contribution < 1.29 is 8.78 Å². The molecule has 4 aromatic rings. The molecule has 8 nitrogen and oxygen atoms in total. The second kappa shape index (κ2) is 13.6. The predicted octanol–water partition coefficient (Wildman–Crippen LogP) is 6.18. The predicted molar refractivity (Wildman–Crippen MR) is 171 cm³/mol. The molecule has 0 amide bonds. The minimum absolute atomic E-state index is 0.0174. The van der Waals surface area contributed by atoms with Gasteiger partial charge < -0.3 is 21.8 Å². The number of piperidine rings is 1. The SMILES string of the molecule is C[C@H](N)CCCc1cc(Cl)c(F)c(-c2cc3cn(-c4ccc([C@@H]5CCC[C@@H](CCSC(=N)N)N5)c(F)c4)c(=O)nc3[nH]2)c1. The monoisotopic (exact) mass is 627 g/mol. The van der Waals surface area contributed by atoms with Crippen LogP contribution < -0.4 is 22.5 Å². The highest BCUT2D eigenvalue weighted by atomic mass is 35.5. The van der Waals surface area contributed by atoms with Crippen molar-refractivity contribution in [3.8, 4) is 16.9 Å². The van der Waals surface area contributed by atoms with Gasteiger partial charge in [0, 0.05) is 46.6 Å². The molecule has 0 radical (unpaired) electrons. The van der Waals surface area contributed by atoms with Gasteiger partial charge in [-0.05, 0) is 81.3 Å². The normalized spacial score (nSPS) is 17.8. The smallest absolute Gasteiger partial charge is 0.354 e. The lowest BCUT2D eigenvalue weighted by Crippen LogP contribution is -2.37. The van der Waals surface area contributed by atoms with E-state index in [1.165, 1.54) is 22.4 Å². The summed E-state index contributed by atoms with van der Waals surface area (Å²) >= 11 is 7.54. The average Bonchev–Trinajstić information content (AvgIpc) is 3.36. The van der Waals surface area contributed by atoms with Crippen LogP contribution in [0.1, 0.15) is 62.6 Å². The number of nitrogens with one attached hydrogen (secondary N) is 3. The molecule has 5 rings (SSSR count). The fraction of sp³-hybridized carbons (Fsp3) is 0.387. The maximum absolute atomic E-state index is 15.4. The van der Waals surface area contributed by atoms with Gasteiger partial charge in [-0.2, -0.15) is 4.98 Å². The summed E-state index contributed by atoms with van der Waals surface area (Å²) in [6.07, 6.45) is 7.57. The van der Waals surface area contributed by atoms with Crippen molar-refractivity contribution in [1.29, 1.82) is 5.41 Å². The van der Waals surface area contributed by atoms with Crippen molar-refractivity contribution in [3.05, 3.63) is 80.9 Å². The third-order valence-corrected chi connectivity index (χ3v) is 8.88. The van der Waals surface area contributed by atoms with Gasteiger partial charge in [0.2, 0.25) is 0 Å². The molecular weight excluding hydrogens is 592 g/mol. The van der Waals surface area contributed by atoms with E-state index in [1.54, 1.807) is 36.5 Å². The summed E-state index contributed by atoms with van der Waals surface area (Å²) < 4.78 is 31.8. The van der Waals surface area contributed by atoms with Crippen molar-refractivity contribution in [1.82, 2.24) is 19.9 Å². The van der Waals surface area contributed by atoms with Gasteiger partial charge in [0.05, 0.1) is 16.4 Å². The minimum Gasteiger partial charge on any atom is -0.379 e. The lowest BCUT2D eigenvalue weighted by Gasteiger charge is -2.31. The second-order valence-corrected chi connectivity index (χ2v) is 12.8. The number of aromatic nitrogens is 3. The van der Waals surface area contributed by atoms with E-state index in [-0.39, 0.29) is 33.9 Å². The number of thioether (sulfide) groups is 1. The topological polar surface area (TPSA) is 139 Å². The molecule has 43 heavy (non-hydrogen) atoms. The van der Waals surface area contributed by atoms with Gasteiger partial charge in [-0.3, -0.25) is 9.98 Å². The summed E-state index contributed by atoms with van der Waals surface area (Å²) in [6, 6.07) is 10.0. The van der Waals surface area contributed by atoms with Gasteiger partial charge in [0.1, 0.15) is 11.5 Å². The molecule has 0 aliphatic carbocycles. The minimum atomic E-state index is -0.588. The van der Waals surface area contributed by atoms with Crippen molar-refractivity contribution in [2.24, 2.45) is 11.5 Å². The van der Waals surface area contributed by atoms with Crippen LogP contribution in [0.3, 0.4) is 0 Å². The van der Waals surface area contributed by atoms with E-state index in [1.807, 2.05) is 6.92 Å². The summed E-state index contributed by atoms with van der Waals surface area (Å²) in [5.74, 6) is -0.235. The molecule has 3 heterocycles. The van der Waals surface area contributed by atoms with E-state index < -0.39 is 17.3 Å². The first kappa shape index (κ1) is 31.2. The second-order valence-electron chi connectivity index (χ2n) is 11.2. The number of aryl methyl sites for hydroxylation is 1. The Balaban J connectivity index is 1.38. The number of nitrogens with zero attached hydrogens (tertiary/aromatic N) is 2. The summed E-state index contributed by atoms with van der Waals surface area (Å²) in [6.45, 7) is 1.95. The lowest BCUT2D eigenvalue weighted by atomic mass is 9.92. The third-order valence-electron chi connectivity index (χ3n) is 7.85. The molecule has 1 saturated heterocycles. The first-order valence-electron chi connectivity index (χ1n) is 14.5. The molecule has 1 aliphatic rings. The Hall–Kier alpha value is -3.25. The highest BCUT2D eigenvalue weighted by Gasteiger charge is 2.25. The summed E-state index contributed by atoms with van der Waals surface area (Å²) in [5.41, 5.74) is 13.5. The molecule has 0 bridgehead atoms. The highest BCUT2D eigenvalue weighted by Crippen LogP contribution is 2.32. The molecule has 0 saturated carbocycles. The molecule has 2 aromatic heterocycles. The molecule has 0 unspecified atom stereocenters. The molecule has 1 fully saturated rings. The van der Waals surface area contributed by atoms with Gasteiger partial charge in [-0.25, -0.2) is 13.6 Å². The standard InChI is InChI=1S/C31H36ClF2N7OS/c1-17(35)4-2-5-18-12-23(28(34)24(32)13-18)27-14-19-16-41(31(42)40-29(19)39-27)21-8-9-22(25(33)15-21)26-7-3-6-20(38-26)10-11-43-30(36)37/h8-9,12-17,20,26,38H,2-7,10-11,35H2,1H3,(H3,36,37)(H,39,40,42)/t17-,20-,26-/m0/s1. The van der Waals surface area contributed by atoms with Crippen LogP contribution in [0.15, 0.2) is 47.4 Å². The van der Waals surface area contributed by atoms with Gasteiger partial charge in [0.15, 0.2) is 11.0 Å². The Bertz CT molecular complexity index is 1690. The molecule has 0 spiro atoms. The van der Waals surface area contributed by atoms with Gasteiger partial charge in [-0.15, -0.1) is 0 Å². The van der Waals surface area contributed by atoms with Crippen LogP contribution in [0.5, 0.6) is 0 Å². The Morgan fingerprint density at radius 2 is 2.07 bits per heavy atom. The Labute approximate surface area is 258 Å². The quantitative estimate of drug-likeness (QED) is 0.105. The first-order valence-corrected chi connectivity index (χ1v) is 15.8. The lowest BCUT2D eigenvalue weighted by molar-refractivity contribution is 0.314. The van der Waals surface area contributed by atoms with E-state index in [0.717, 1.165) is 49.8 Å². The zero-order valence-electron chi connectivity index (χ0n) is 23.9. The number of nitrogens with two attached hydrogens (primary N) is 2. The number of aromatic amines is 1. The number of benzene rings is 2. The number of H-pyrrole nitrogens is 1. The van der Waals surface area contributed by atoms with Crippen LogP contribution in [0, 0.1) is 17.0 Å². The molecule has 7 N–H and O–H groups in total. The van der Waals surface area contributed by atoms with Gasteiger partial charge >= 0.3 is 5.69 Å². The average molecular weight is 628 g/mol. The maximum Gasteiger partial charge on any atom is 0.354 e. The molecule has 12 heteroatoms. The molecule has 3 atom stereocenters. The fourth-order valence-electron chi connectivity index (χ4n) is 5.69. The first-order chi connectivity index (χ1) is 20.6. The Morgan fingerprint density at radius 3 is 2.81 bits per heavy atom. The largest absolute Gasteiger partial charge is 0.379 e. The van der Waals surface area contributed by atoms with Crippen LogP contribution in [0.25, 0.3) is 28.0 Å². The number of amidine groups is 1. The van der Waals surface area contributed by atoms with Crippen molar-refractivity contribution in [2.75, 3.05) is 5.75 Å². The summed E-state index contributed by atoms with van der Waals surface area (Å²) in [4.78, 5) is 20.2. The number of hydrogen-bond acceptors (Lipinski definition) is 6. The molecule has 1 aliphatic heterocycles. The summed E-state index contributed by atoms with van der Waals surface area (Å²) in [7, 11) is 0. The van der Waals surface area contributed by atoms with Crippen molar-refractivity contribution in [3.63, 3.8) is 0 Å². The maximum atomic E-state index is 15.4. The Morgan fingerprint density at radius 1 is 1.26 bits per heavy atom. The van der Waals surface area contributed by atoms with Gasteiger partial charge in [-0.1, -0.05) is 35.9 Å². The number of halogens is 3. The van der Waals surface area contributed by atoms with Crippen LogP contribution in [-0.4, -0.2) is 37.5 Å². The summed E-state index contributed by atoms with van der Waals surface area (Å²) in [5, 5.41) is 11.6. The Kier molecular flexibility index (Phi) is 9.85. The number of fused-ring (bicyclic) bond motifs is 1. The zero-order valence-corrected chi connectivity index (χ0v) is 25.5. The van der Waals surface area contributed by atoms with Crippen molar-refractivity contribution >= 4 is 39.6 Å². The van der Waals surface area contributed by atoms with E-state index in [2.05, 4.69) is 15.3 Å². The third kappa shape index (κ3) is 7.46.